The van der Waals surface area contributed by atoms with Gasteiger partial charge in [0.1, 0.15) is 23.5 Å². The average molecular weight is 439 g/mol. The van der Waals surface area contributed by atoms with Gasteiger partial charge < -0.3 is 15.2 Å². The molecule has 31 heavy (non-hydrogen) atoms. The highest BCUT2D eigenvalue weighted by Crippen LogP contribution is 2.36. The summed E-state index contributed by atoms with van der Waals surface area (Å²) in [5, 5.41) is 3.45. The van der Waals surface area contributed by atoms with Gasteiger partial charge in [-0.3, -0.25) is 0 Å². The Hall–Kier alpha value is -3.52. The van der Waals surface area contributed by atoms with E-state index in [9.17, 15) is 8.78 Å². The first-order valence-electron chi connectivity index (χ1n) is 9.63. The minimum absolute atomic E-state index is 0.0739. The molecule has 3 heterocycles. The summed E-state index contributed by atoms with van der Waals surface area (Å²) in [5.41, 5.74) is 4.20. The number of imidazole rings is 1. The standard InChI is InChI=1S/C22H17ClF2N6/c1-12(30-22-20-21(27-10-26-20)28-11-29-22)18-7-13-5-6-17(25)19(23)16(13)9-31(18)15-4-2-3-14(24)8-15/h2-8,10-12H,9H2,1H3,(H2,26,27,28,29,30). The Labute approximate surface area is 181 Å². The maximum absolute atomic E-state index is 14.1. The Morgan fingerprint density at radius 1 is 1.16 bits per heavy atom. The number of halogens is 3. The van der Waals surface area contributed by atoms with E-state index in [1.54, 1.807) is 24.5 Å². The minimum Gasteiger partial charge on any atom is -0.360 e. The Balaban J connectivity index is 1.59. The van der Waals surface area contributed by atoms with Crippen LogP contribution in [0.5, 0.6) is 0 Å². The van der Waals surface area contributed by atoms with Crippen LogP contribution in [0.4, 0.5) is 20.3 Å². The van der Waals surface area contributed by atoms with Crippen molar-refractivity contribution in [3.63, 3.8) is 0 Å². The zero-order chi connectivity index (χ0) is 21.5. The zero-order valence-electron chi connectivity index (χ0n) is 16.4. The second-order valence-electron chi connectivity index (χ2n) is 7.25. The molecule has 2 aromatic heterocycles. The van der Waals surface area contributed by atoms with Gasteiger partial charge in [0.2, 0.25) is 0 Å². The molecule has 4 aromatic rings. The van der Waals surface area contributed by atoms with Crippen LogP contribution in [0, 0.1) is 11.6 Å². The molecule has 2 aromatic carbocycles. The number of rotatable bonds is 4. The molecule has 1 aliphatic rings. The smallest absolute Gasteiger partial charge is 0.182 e. The van der Waals surface area contributed by atoms with Crippen LogP contribution in [0.25, 0.3) is 17.2 Å². The van der Waals surface area contributed by atoms with Crippen LogP contribution >= 0.6 is 11.6 Å². The van der Waals surface area contributed by atoms with Gasteiger partial charge in [-0.1, -0.05) is 23.7 Å². The molecular weight excluding hydrogens is 422 g/mol. The highest BCUT2D eigenvalue weighted by atomic mass is 35.5. The van der Waals surface area contributed by atoms with Gasteiger partial charge in [0.25, 0.3) is 0 Å². The lowest BCUT2D eigenvalue weighted by atomic mass is 9.97. The van der Waals surface area contributed by atoms with Crippen molar-refractivity contribution in [1.82, 2.24) is 19.9 Å². The molecule has 5 rings (SSSR count). The first-order chi connectivity index (χ1) is 15.0. The summed E-state index contributed by atoms with van der Waals surface area (Å²) in [6, 6.07) is 9.09. The Kier molecular flexibility index (Phi) is 4.78. The van der Waals surface area contributed by atoms with Crippen molar-refractivity contribution in [2.45, 2.75) is 19.5 Å². The maximum Gasteiger partial charge on any atom is 0.182 e. The molecule has 1 aliphatic heterocycles. The lowest BCUT2D eigenvalue weighted by Crippen LogP contribution is -2.35. The third-order valence-electron chi connectivity index (χ3n) is 5.30. The summed E-state index contributed by atoms with van der Waals surface area (Å²) in [6.45, 7) is 2.27. The second-order valence-corrected chi connectivity index (χ2v) is 7.63. The largest absolute Gasteiger partial charge is 0.360 e. The number of fused-ring (bicyclic) bond motifs is 2. The predicted octanol–water partition coefficient (Wildman–Crippen LogP) is 5.15. The van der Waals surface area contributed by atoms with Crippen molar-refractivity contribution < 1.29 is 8.78 Å². The fourth-order valence-corrected chi connectivity index (χ4v) is 4.02. The average Bonchev–Trinajstić information content (AvgIpc) is 3.26. The molecule has 0 saturated carbocycles. The van der Waals surface area contributed by atoms with Crippen LogP contribution in [-0.2, 0) is 6.54 Å². The van der Waals surface area contributed by atoms with Crippen molar-refractivity contribution >= 4 is 40.3 Å². The summed E-state index contributed by atoms with van der Waals surface area (Å²) in [7, 11) is 0. The Bertz CT molecular complexity index is 1320. The number of hydrogen-bond acceptors (Lipinski definition) is 5. The number of benzene rings is 2. The monoisotopic (exact) mass is 438 g/mol. The topological polar surface area (TPSA) is 69.7 Å². The summed E-state index contributed by atoms with van der Waals surface area (Å²) >= 11 is 6.26. The molecule has 0 radical (unpaired) electrons. The van der Waals surface area contributed by atoms with Gasteiger partial charge >= 0.3 is 0 Å². The number of aromatic amines is 1. The number of H-pyrrole nitrogens is 1. The van der Waals surface area contributed by atoms with E-state index in [4.69, 9.17) is 11.6 Å². The van der Waals surface area contributed by atoms with E-state index in [2.05, 4.69) is 25.3 Å². The quantitative estimate of drug-likeness (QED) is 0.461. The van der Waals surface area contributed by atoms with Crippen LogP contribution < -0.4 is 10.2 Å². The SMILES string of the molecule is CC(Nc1ncnc2nc[nH]c12)C1=Cc2ccc(F)c(Cl)c2CN1c1cccc(F)c1. The van der Waals surface area contributed by atoms with Crippen LogP contribution in [0.15, 0.2) is 54.7 Å². The van der Waals surface area contributed by atoms with E-state index in [-0.39, 0.29) is 16.9 Å². The number of nitrogens with one attached hydrogen (secondary N) is 2. The Morgan fingerprint density at radius 2 is 2.03 bits per heavy atom. The molecule has 0 spiro atoms. The molecule has 1 atom stereocenters. The molecule has 0 aliphatic carbocycles. The molecule has 2 N–H and O–H groups in total. The predicted molar refractivity (Wildman–Crippen MR) is 117 cm³/mol. The van der Waals surface area contributed by atoms with Crippen LogP contribution in [0.3, 0.4) is 0 Å². The molecule has 156 valence electrons. The molecule has 0 amide bonds. The summed E-state index contributed by atoms with van der Waals surface area (Å²) in [5.74, 6) is -0.244. The van der Waals surface area contributed by atoms with Crippen LogP contribution in [0.1, 0.15) is 18.1 Å². The summed E-state index contributed by atoms with van der Waals surface area (Å²) < 4.78 is 28.1. The van der Waals surface area contributed by atoms with Gasteiger partial charge in [0, 0.05) is 16.9 Å². The normalized spacial score (nSPS) is 14.3. The molecule has 0 saturated heterocycles. The first kappa shape index (κ1) is 19.4. The fourth-order valence-electron chi connectivity index (χ4n) is 3.79. The number of nitrogens with zero attached hydrogens (tertiary/aromatic N) is 4. The second kappa shape index (κ2) is 7.63. The van der Waals surface area contributed by atoms with Crippen LogP contribution in [-0.4, -0.2) is 26.0 Å². The summed E-state index contributed by atoms with van der Waals surface area (Å²) in [6.07, 6.45) is 4.93. The number of aromatic nitrogens is 4. The Morgan fingerprint density at radius 3 is 2.87 bits per heavy atom. The molecule has 0 bridgehead atoms. The fraction of sp³-hybridized carbons (Fsp3) is 0.136. The number of anilines is 2. The van der Waals surface area contributed by atoms with Crippen molar-refractivity contribution in [2.75, 3.05) is 10.2 Å². The van der Waals surface area contributed by atoms with Crippen molar-refractivity contribution in [2.24, 2.45) is 0 Å². The van der Waals surface area contributed by atoms with E-state index < -0.39 is 5.82 Å². The van der Waals surface area contributed by atoms with E-state index >= 15 is 0 Å². The number of hydrogen-bond donors (Lipinski definition) is 2. The summed E-state index contributed by atoms with van der Waals surface area (Å²) in [4.78, 5) is 17.6. The van der Waals surface area contributed by atoms with Crippen molar-refractivity contribution in [3.8, 4) is 0 Å². The molecular formula is C22H17ClF2N6. The molecule has 1 unspecified atom stereocenters. The first-order valence-corrected chi connectivity index (χ1v) is 10.0. The zero-order valence-corrected chi connectivity index (χ0v) is 17.2. The van der Waals surface area contributed by atoms with E-state index in [1.807, 2.05) is 17.9 Å². The van der Waals surface area contributed by atoms with E-state index in [1.165, 1.54) is 24.5 Å². The van der Waals surface area contributed by atoms with Gasteiger partial charge in [0.15, 0.2) is 11.5 Å². The maximum atomic E-state index is 14.1. The van der Waals surface area contributed by atoms with Gasteiger partial charge in [-0.2, -0.15) is 0 Å². The highest BCUT2D eigenvalue weighted by Gasteiger charge is 2.27. The minimum atomic E-state index is -0.481. The molecule has 0 fully saturated rings. The highest BCUT2D eigenvalue weighted by molar-refractivity contribution is 6.31. The van der Waals surface area contributed by atoms with Gasteiger partial charge in [0.05, 0.1) is 23.9 Å². The lowest BCUT2D eigenvalue weighted by Gasteiger charge is -2.36. The van der Waals surface area contributed by atoms with Gasteiger partial charge in [-0.05, 0) is 42.8 Å². The third kappa shape index (κ3) is 3.48. The molecule has 6 nitrogen and oxygen atoms in total. The van der Waals surface area contributed by atoms with Crippen molar-refractivity contribution in [3.05, 3.63) is 82.5 Å². The van der Waals surface area contributed by atoms with Gasteiger partial charge in [-0.25, -0.2) is 23.7 Å². The van der Waals surface area contributed by atoms with E-state index in [0.29, 0.717) is 34.8 Å². The lowest BCUT2D eigenvalue weighted by molar-refractivity contribution is 0.622. The van der Waals surface area contributed by atoms with Gasteiger partial charge in [-0.15, -0.1) is 0 Å². The third-order valence-corrected chi connectivity index (χ3v) is 5.71. The van der Waals surface area contributed by atoms with Crippen molar-refractivity contribution in [1.29, 1.82) is 0 Å². The molecule has 9 heteroatoms. The van der Waals surface area contributed by atoms with E-state index in [0.717, 1.165) is 11.3 Å². The van der Waals surface area contributed by atoms with Crippen LogP contribution in [0.2, 0.25) is 5.02 Å².